The molecular weight excluding hydrogens is 210 g/mol. The SMILES string of the molecule is NC(=O)C1=CNC(CCCO)(C(N)=O)C=C1. The van der Waals surface area contributed by atoms with Gasteiger partial charge in [-0.2, -0.15) is 0 Å². The largest absolute Gasteiger partial charge is 0.396 e. The van der Waals surface area contributed by atoms with Gasteiger partial charge in [-0.05, 0) is 25.0 Å². The minimum absolute atomic E-state index is 0.0308. The number of carbonyl (C=O) groups excluding carboxylic acids is 2. The monoisotopic (exact) mass is 225 g/mol. The summed E-state index contributed by atoms with van der Waals surface area (Å²) < 4.78 is 0. The molecule has 0 aromatic carbocycles. The molecule has 1 atom stereocenters. The van der Waals surface area contributed by atoms with Gasteiger partial charge >= 0.3 is 0 Å². The first-order valence-electron chi connectivity index (χ1n) is 4.89. The van der Waals surface area contributed by atoms with E-state index in [-0.39, 0.29) is 12.2 Å². The number of amides is 2. The number of dihydropyridines is 1. The number of hydrogen-bond donors (Lipinski definition) is 4. The highest BCUT2D eigenvalue weighted by molar-refractivity contribution is 5.96. The zero-order chi connectivity index (χ0) is 12.2. The smallest absolute Gasteiger partial charge is 0.250 e. The lowest BCUT2D eigenvalue weighted by molar-refractivity contribution is -0.123. The molecule has 0 saturated carbocycles. The van der Waals surface area contributed by atoms with Crippen LogP contribution in [0.25, 0.3) is 0 Å². The average Bonchev–Trinajstić information content (AvgIpc) is 2.26. The van der Waals surface area contributed by atoms with E-state index in [4.69, 9.17) is 16.6 Å². The molecular formula is C10H15N3O3. The predicted molar refractivity (Wildman–Crippen MR) is 57.8 cm³/mol. The number of aliphatic hydroxyl groups is 1. The van der Waals surface area contributed by atoms with Gasteiger partial charge < -0.3 is 21.9 Å². The van der Waals surface area contributed by atoms with E-state index in [1.165, 1.54) is 18.4 Å². The van der Waals surface area contributed by atoms with Crippen LogP contribution in [0.3, 0.4) is 0 Å². The maximum Gasteiger partial charge on any atom is 0.250 e. The van der Waals surface area contributed by atoms with Crippen LogP contribution in [0.4, 0.5) is 0 Å². The van der Waals surface area contributed by atoms with Crippen LogP contribution in [-0.4, -0.2) is 29.1 Å². The minimum atomic E-state index is -1.04. The van der Waals surface area contributed by atoms with Crippen molar-refractivity contribution in [1.29, 1.82) is 0 Å². The van der Waals surface area contributed by atoms with Crippen molar-refractivity contribution in [2.75, 3.05) is 6.61 Å². The van der Waals surface area contributed by atoms with E-state index >= 15 is 0 Å². The predicted octanol–water partition coefficient (Wildman–Crippen LogP) is -1.49. The molecule has 88 valence electrons. The third kappa shape index (κ3) is 2.40. The fraction of sp³-hybridized carbons (Fsp3) is 0.400. The Kier molecular flexibility index (Phi) is 3.68. The lowest BCUT2D eigenvalue weighted by atomic mass is 9.89. The van der Waals surface area contributed by atoms with Gasteiger partial charge in [0.05, 0.1) is 5.57 Å². The van der Waals surface area contributed by atoms with Crippen LogP contribution in [0.15, 0.2) is 23.9 Å². The van der Waals surface area contributed by atoms with E-state index in [1.54, 1.807) is 0 Å². The molecule has 0 radical (unpaired) electrons. The zero-order valence-electron chi connectivity index (χ0n) is 8.77. The summed E-state index contributed by atoms with van der Waals surface area (Å²) >= 11 is 0. The topological polar surface area (TPSA) is 118 Å². The van der Waals surface area contributed by atoms with Crippen LogP contribution < -0.4 is 16.8 Å². The van der Waals surface area contributed by atoms with Crippen molar-refractivity contribution in [1.82, 2.24) is 5.32 Å². The lowest BCUT2D eigenvalue weighted by Crippen LogP contribution is -2.53. The van der Waals surface area contributed by atoms with Gasteiger partial charge in [0.1, 0.15) is 5.54 Å². The minimum Gasteiger partial charge on any atom is -0.396 e. The van der Waals surface area contributed by atoms with Crippen molar-refractivity contribution in [2.45, 2.75) is 18.4 Å². The molecule has 0 fully saturated rings. The van der Waals surface area contributed by atoms with Crippen LogP contribution in [0, 0.1) is 0 Å². The Bertz CT molecular complexity index is 362. The summed E-state index contributed by atoms with van der Waals surface area (Å²) in [4.78, 5) is 22.2. The maximum atomic E-state index is 11.3. The second kappa shape index (κ2) is 4.80. The van der Waals surface area contributed by atoms with E-state index in [2.05, 4.69) is 5.32 Å². The van der Waals surface area contributed by atoms with Gasteiger partial charge in [-0.3, -0.25) is 9.59 Å². The van der Waals surface area contributed by atoms with Gasteiger partial charge in [0.15, 0.2) is 0 Å². The van der Waals surface area contributed by atoms with Crippen molar-refractivity contribution in [3.63, 3.8) is 0 Å². The number of aliphatic hydroxyl groups excluding tert-OH is 1. The number of carbonyl (C=O) groups is 2. The molecule has 0 bridgehead atoms. The summed E-state index contributed by atoms with van der Waals surface area (Å²) in [6.45, 7) is -0.0308. The Morgan fingerprint density at radius 3 is 2.50 bits per heavy atom. The van der Waals surface area contributed by atoms with Gasteiger partial charge in [0, 0.05) is 12.8 Å². The molecule has 1 unspecified atom stereocenters. The molecule has 6 N–H and O–H groups in total. The van der Waals surface area contributed by atoms with Crippen molar-refractivity contribution in [2.24, 2.45) is 11.5 Å². The third-order valence-corrected chi connectivity index (χ3v) is 2.49. The van der Waals surface area contributed by atoms with E-state index in [9.17, 15) is 9.59 Å². The summed E-state index contributed by atoms with van der Waals surface area (Å²) in [6.07, 6.45) is 5.12. The highest BCUT2D eigenvalue weighted by atomic mass is 16.3. The van der Waals surface area contributed by atoms with E-state index in [0.717, 1.165) is 0 Å². The van der Waals surface area contributed by atoms with Crippen molar-refractivity contribution in [3.05, 3.63) is 23.9 Å². The van der Waals surface area contributed by atoms with Crippen molar-refractivity contribution >= 4 is 11.8 Å². The van der Waals surface area contributed by atoms with Crippen LogP contribution in [-0.2, 0) is 9.59 Å². The Hall–Kier alpha value is -1.82. The van der Waals surface area contributed by atoms with Gasteiger partial charge in [-0.15, -0.1) is 0 Å². The fourth-order valence-electron chi connectivity index (χ4n) is 1.48. The molecule has 0 aromatic rings. The highest BCUT2D eigenvalue weighted by Crippen LogP contribution is 2.19. The molecule has 16 heavy (non-hydrogen) atoms. The lowest BCUT2D eigenvalue weighted by Gasteiger charge is -2.30. The molecule has 1 aliphatic rings. The standard InChI is InChI=1S/C10H15N3O3/c11-8(15)7-2-4-10(9(12)16,13-6-7)3-1-5-14/h2,4,6,13-14H,1,3,5H2,(H2,11,15)(H2,12,16). The molecule has 1 heterocycles. The number of hydrogen-bond acceptors (Lipinski definition) is 4. The second-order valence-corrected chi connectivity index (χ2v) is 3.60. The molecule has 0 aliphatic carbocycles. The number of nitrogens with one attached hydrogen (secondary N) is 1. The highest BCUT2D eigenvalue weighted by Gasteiger charge is 2.34. The fourth-order valence-corrected chi connectivity index (χ4v) is 1.48. The van der Waals surface area contributed by atoms with Crippen LogP contribution in [0.5, 0.6) is 0 Å². The Balaban J connectivity index is 2.83. The second-order valence-electron chi connectivity index (χ2n) is 3.60. The summed E-state index contributed by atoms with van der Waals surface area (Å²) in [5.41, 5.74) is 9.60. The first-order chi connectivity index (χ1) is 7.52. The third-order valence-electron chi connectivity index (χ3n) is 2.49. The first-order valence-corrected chi connectivity index (χ1v) is 4.89. The van der Waals surface area contributed by atoms with Gasteiger partial charge in [0.2, 0.25) is 11.8 Å². The van der Waals surface area contributed by atoms with Crippen LogP contribution in [0.2, 0.25) is 0 Å². The molecule has 0 saturated heterocycles. The van der Waals surface area contributed by atoms with Gasteiger partial charge in [-0.1, -0.05) is 0 Å². The quantitative estimate of drug-likeness (QED) is 0.456. The number of primary amides is 2. The molecule has 1 aliphatic heterocycles. The summed E-state index contributed by atoms with van der Waals surface area (Å²) in [7, 11) is 0. The van der Waals surface area contributed by atoms with E-state index in [1.807, 2.05) is 0 Å². The Labute approximate surface area is 93.0 Å². The van der Waals surface area contributed by atoms with Crippen molar-refractivity contribution in [3.8, 4) is 0 Å². The molecule has 6 heteroatoms. The first kappa shape index (κ1) is 12.3. The molecule has 6 nitrogen and oxygen atoms in total. The van der Waals surface area contributed by atoms with Crippen molar-refractivity contribution < 1.29 is 14.7 Å². The van der Waals surface area contributed by atoms with Gasteiger partial charge in [-0.25, -0.2) is 0 Å². The Morgan fingerprint density at radius 2 is 2.12 bits per heavy atom. The normalized spacial score (nSPS) is 23.4. The summed E-state index contributed by atoms with van der Waals surface area (Å²) in [5, 5.41) is 11.5. The summed E-state index contributed by atoms with van der Waals surface area (Å²) in [6, 6.07) is 0. The molecule has 0 aromatic heterocycles. The summed E-state index contributed by atoms with van der Waals surface area (Å²) in [5.74, 6) is -1.14. The number of rotatable bonds is 5. The average molecular weight is 225 g/mol. The van der Waals surface area contributed by atoms with E-state index in [0.29, 0.717) is 12.8 Å². The number of nitrogens with two attached hydrogens (primary N) is 2. The maximum absolute atomic E-state index is 11.3. The molecule has 2 amide bonds. The van der Waals surface area contributed by atoms with Crippen LogP contribution in [0.1, 0.15) is 12.8 Å². The zero-order valence-corrected chi connectivity index (χ0v) is 8.77. The molecule has 1 rings (SSSR count). The van der Waals surface area contributed by atoms with E-state index < -0.39 is 17.4 Å². The van der Waals surface area contributed by atoms with Gasteiger partial charge in [0.25, 0.3) is 0 Å². The van der Waals surface area contributed by atoms with Crippen LogP contribution >= 0.6 is 0 Å². The molecule has 0 spiro atoms. The Morgan fingerprint density at radius 1 is 1.44 bits per heavy atom.